The van der Waals surface area contributed by atoms with Crippen molar-refractivity contribution in [3.8, 4) is 5.69 Å². The van der Waals surface area contributed by atoms with Crippen LogP contribution < -0.4 is 20.2 Å². The van der Waals surface area contributed by atoms with Gasteiger partial charge in [-0.15, -0.1) is 0 Å². The highest BCUT2D eigenvalue weighted by Gasteiger charge is 2.36. The van der Waals surface area contributed by atoms with E-state index >= 15 is 0 Å². The number of hydrogen-bond donors (Lipinski definition) is 0. The number of likely N-dealkylation sites (N-methyl/N-ethyl adjacent to an activating group) is 1. The first-order valence-electron chi connectivity index (χ1n) is 14.3. The van der Waals surface area contributed by atoms with Gasteiger partial charge in [0.05, 0.1) is 30.5 Å². The number of anilines is 1. The molecule has 38 heavy (non-hydrogen) atoms. The monoisotopic (exact) mass is 508 g/mol. The van der Waals surface area contributed by atoms with Gasteiger partial charge in [-0.25, -0.2) is 0 Å². The Kier molecular flexibility index (Phi) is 6.87. The van der Waals surface area contributed by atoms with Gasteiger partial charge in [0.2, 0.25) is 6.33 Å². The Bertz CT molecular complexity index is 1460. The highest BCUT2D eigenvalue weighted by molar-refractivity contribution is 5.86. The van der Waals surface area contributed by atoms with E-state index in [2.05, 4.69) is 149 Å². The fraction of sp³-hybridized carbons (Fsp3) is 0.471. The van der Waals surface area contributed by atoms with E-state index in [0.717, 1.165) is 0 Å². The molecule has 0 saturated carbocycles. The molecule has 200 valence electrons. The molecule has 5 rings (SSSR count). The third kappa shape index (κ3) is 4.22. The van der Waals surface area contributed by atoms with E-state index in [1.54, 1.807) is 0 Å². The molecule has 1 aliphatic carbocycles. The van der Waals surface area contributed by atoms with Crippen LogP contribution in [0, 0.1) is 6.33 Å². The Hall–Kier alpha value is -3.14. The minimum Gasteiger partial charge on any atom is -0.385 e. The fourth-order valence-corrected chi connectivity index (χ4v) is 6.22. The Morgan fingerprint density at radius 1 is 0.684 bits per heavy atom. The first-order valence-corrected chi connectivity index (χ1v) is 14.3. The highest BCUT2D eigenvalue weighted by Crippen LogP contribution is 2.38. The number of benzene rings is 2. The van der Waals surface area contributed by atoms with Gasteiger partial charge >= 0.3 is 0 Å². The second kappa shape index (κ2) is 9.87. The zero-order valence-corrected chi connectivity index (χ0v) is 24.9. The van der Waals surface area contributed by atoms with E-state index < -0.39 is 0 Å². The summed E-state index contributed by atoms with van der Waals surface area (Å²) in [5.74, 6) is 1.70. The molecule has 1 aromatic heterocycles. The van der Waals surface area contributed by atoms with Crippen LogP contribution in [0.15, 0.2) is 36.4 Å². The van der Waals surface area contributed by atoms with Crippen LogP contribution in [0.5, 0.6) is 0 Å². The van der Waals surface area contributed by atoms with E-state index in [0.29, 0.717) is 23.7 Å². The number of nitrogens with zero attached hydrogens (tertiary/aromatic N) is 4. The number of hydrogen-bond acceptors (Lipinski definition) is 1. The molecule has 2 aromatic carbocycles. The molecule has 0 N–H and O–H groups in total. The standard InChI is InChI=1S/C34H44N4/c1-21(2)25-13-11-14-26(22(3)4)33(25)37-19-35(9)29-17-30-32(18-31(29)37)38(20-36(30)10)34-27(23(5)6)15-12-16-28(34)24(7)8/h11-18,21-24,29,31H,1-10H3. The summed E-state index contributed by atoms with van der Waals surface area (Å²) in [5, 5.41) is 2.44. The first kappa shape index (κ1) is 26.5. The molecule has 0 amide bonds. The van der Waals surface area contributed by atoms with Gasteiger partial charge in [-0.1, -0.05) is 103 Å². The quantitative estimate of drug-likeness (QED) is 0.339. The number of fused-ring (bicyclic) bond motifs is 2. The lowest BCUT2D eigenvalue weighted by molar-refractivity contribution is -0.688. The summed E-state index contributed by atoms with van der Waals surface area (Å²) in [6.07, 6.45) is 12.3. The molecule has 0 saturated heterocycles. The van der Waals surface area contributed by atoms with Crippen molar-refractivity contribution in [1.82, 2.24) is 4.57 Å². The summed E-state index contributed by atoms with van der Waals surface area (Å²) in [6.45, 7) is 18.3. The lowest BCUT2D eigenvalue weighted by Gasteiger charge is -2.34. The van der Waals surface area contributed by atoms with Crippen molar-refractivity contribution in [3.05, 3.63) is 75.7 Å². The molecule has 0 bridgehead atoms. The molecule has 2 aliphatic rings. The van der Waals surface area contributed by atoms with Gasteiger partial charge in [-0.2, -0.15) is 0 Å². The molecule has 0 radical (unpaired) electrons. The minimum atomic E-state index is 0.153. The van der Waals surface area contributed by atoms with Crippen molar-refractivity contribution in [2.45, 2.75) is 91.1 Å². The average molecular weight is 509 g/mol. The SMILES string of the molecule is CC(C)c1cccc(C(C)C)c1N1[C-]=[N+](C)C2C=c3c(n(-c4c(C(C)C)cccc4C(C)C)[c-][n+]3C)=CC21. The van der Waals surface area contributed by atoms with Crippen LogP contribution in [-0.2, 0) is 7.05 Å². The molecule has 4 nitrogen and oxygen atoms in total. The van der Waals surface area contributed by atoms with Crippen LogP contribution in [0.25, 0.3) is 17.8 Å². The summed E-state index contributed by atoms with van der Waals surface area (Å²) >= 11 is 0. The van der Waals surface area contributed by atoms with E-state index in [4.69, 9.17) is 0 Å². The van der Waals surface area contributed by atoms with Crippen molar-refractivity contribution in [2.75, 3.05) is 11.9 Å². The number of rotatable bonds is 6. The van der Waals surface area contributed by atoms with Gasteiger partial charge in [0.15, 0.2) is 0 Å². The minimum absolute atomic E-state index is 0.153. The topological polar surface area (TPSA) is 15.1 Å². The van der Waals surface area contributed by atoms with Gasteiger partial charge in [0.1, 0.15) is 18.4 Å². The fourth-order valence-electron chi connectivity index (χ4n) is 6.22. The lowest BCUT2D eigenvalue weighted by atomic mass is 9.90. The first-order chi connectivity index (χ1) is 18.0. The van der Waals surface area contributed by atoms with Crippen LogP contribution in [0.1, 0.15) is 101 Å². The average Bonchev–Trinajstić information content (AvgIpc) is 3.37. The largest absolute Gasteiger partial charge is 0.385 e. The summed E-state index contributed by atoms with van der Waals surface area (Å²) < 4.78 is 6.76. The Balaban J connectivity index is 1.77. The van der Waals surface area contributed by atoms with Crippen LogP contribution >= 0.6 is 0 Å². The van der Waals surface area contributed by atoms with Gasteiger partial charge in [0.25, 0.3) is 0 Å². The van der Waals surface area contributed by atoms with Crippen molar-refractivity contribution < 1.29 is 9.14 Å². The maximum atomic E-state index is 3.74. The number of para-hydroxylation sites is 2. The third-order valence-electron chi connectivity index (χ3n) is 8.28. The normalized spacial score (nSPS) is 18.7. The van der Waals surface area contributed by atoms with E-state index in [1.165, 1.54) is 44.3 Å². The summed E-state index contributed by atoms with van der Waals surface area (Å²) in [4.78, 5) is 2.42. The Morgan fingerprint density at radius 3 is 1.63 bits per heavy atom. The van der Waals surface area contributed by atoms with Crippen LogP contribution in [0.4, 0.5) is 5.69 Å². The van der Waals surface area contributed by atoms with Crippen LogP contribution in [0.3, 0.4) is 0 Å². The highest BCUT2D eigenvalue weighted by atomic mass is 15.3. The maximum Gasteiger partial charge on any atom is 0.244 e. The van der Waals surface area contributed by atoms with Gasteiger partial charge < -0.3 is 18.6 Å². The molecule has 0 fully saturated rings. The molecule has 2 unspecified atom stereocenters. The maximum absolute atomic E-state index is 3.74. The number of aromatic nitrogens is 2. The predicted octanol–water partition coefficient (Wildman–Crippen LogP) is 4.98. The predicted molar refractivity (Wildman–Crippen MR) is 158 cm³/mol. The number of aryl methyl sites for hydroxylation is 1. The summed E-state index contributed by atoms with van der Waals surface area (Å²) in [6, 6.07) is 14.0. The van der Waals surface area contributed by atoms with E-state index in [9.17, 15) is 0 Å². The zero-order chi connectivity index (χ0) is 27.5. The second-order valence-electron chi connectivity index (χ2n) is 12.3. The Labute approximate surface area is 229 Å². The van der Waals surface area contributed by atoms with Crippen molar-refractivity contribution in [1.29, 1.82) is 0 Å². The van der Waals surface area contributed by atoms with Gasteiger partial charge in [0, 0.05) is 0 Å². The Morgan fingerprint density at radius 2 is 1.16 bits per heavy atom. The second-order valence-corrected chi connectivity index (χ2v) is 12.3. The van der Waals surface area contributed by atoms with Gasteiger partial charge in [-0.3, -0.25) is 0 Å². The van der Waals surface area contributed by atoms with Gasteiger partial charge in [-0.05, 0) is 52.6 Å². The molecule has 4 heteroatoms. The molecule has 2 atom stereocenters. The molecule has 1 aliphatic heterocycles. The van der Waals surface area contributed by atoms with Crippen molar-refractivity contribution >= 4 is 24.2 Å². The summed E-state index contributed by atoms with van der Waals surface area (Å²) in [7, 11) is 4.28. The van der Waals surface area contributed by atoms with Crippen LogP contribution in [-0.4, -0.2) is 34.6 Å². The number of imidazole rings is 1. The van der Waals surface area contributed by atoms with Crippen LogP contribution in [0.2, 0.25) is 0 Å². The van der Waals surface area contributed by atoms with Crippen molar-refractivity contribution in [2.24, 2.45) is 7.05 Å². The molecule has 0 spiro atoms. The van der Waals surface area contributed by atoms with E-state index in [1.807, 2.05) is 0 Å². The van der Waals surface area contributed by atoms with E-state index in [-0.39, 0.29) is 12.1 Å². The van der Waals surface area contributed by atoms with Crippen molar-refractivity contribution in [3.63, 3.8) is 0 Å². The zero-order valence-electron chi connectivity index (χ0n) is 24.9. The molecule has 2 heterocycles. The molecular weight excluding hydrogens is 464 g/mol. The summed E-state index contributed by atoms with van der Waals surface area (Å²) in [5.41, 5.74) is 8.11. The molecule has 3 aromatic rings. The lowest BCUT2D eigenvalue weighted by Crippen LogP contribution is -2.55. The smallest absolute Gasteiger partial charge is 0.244 e. The third-order valence-corrected chi connectivity index (χ3v) is 8.28. The molecular formula is C34H44N4.